The van der Waals surface area contributed by atoms with Gasteiger partial charge in [0.05, 0.1) is 18.2 Å². The molecule has 0 aliphatic rings. The number of hydrogen-bond donors (Lipinski definition) is 0. The van der Waals surface area contributed by atoms with E-state index >= 15 is 0 Å². The Balaban J connectivity index is 3.46. The number of aldehydes is 1. The lowest BCUT2D eigenvalue weighted by atomic mass is 10.1. The highest BCUT2D eigenvalue weighted by Crippen LogP contribution is 2.23. The number of ether oxygens (including phenoxy) is 1. The first-order chi connectivity index (χ1) is 6.61. The maximum Gasteiger partial charge on any atom is 0.166 e. The number of carbonyl (C=O) groups excluding carboxylic acids is 2. The molecule has 0 aromatic heterocycles. The quantitative estimate of drug-likeness (QED) is 0.547. The number of benzene rings is 1. The normalized spacial score (nSPS) is 9.64. The number of carbonyl (C=O) groups is 2. The largest absolute Gasteiger partial charge is 0.496 e. The molecule has 3 nitrogen and oxygen atoms in total. The molecule has 0 saturated carbocycles. The van der Waals surface area contributed by atoms with Gasteiger partial charge in [-0.3, -0.25) is 9.59 Å². The summed E-state index contributed by atoms with van der Waals surface area (Å²) in [6.45, 7) is 1.22. The lowest BCUT2D eigenvalue weighted by Crippen LogP contribution is -2.04. The van der Waals surface area contributed by atoms with Gasteiger partial charge in [-0.1, -0.05) is 0 Å². The Hall–Kier alpha value is -1.71. The Morgan fingerprint density at radius 2 is 2.14 bits per heavy atom. The fourth-order valence-corrected chi connectivity index (χ4v) is 1.16. The minimum Gasteiger partial charge on any atom is -0.496 e. The smallest absolute Gasteiger partial charge is 0.166 e. The minimum atomic E-state index is -0.827. The highest BCUT2D eigenvalue weighted by atomic mass is 19.1. The number of methoxy groups -OCH3 is 1. The van der Waals surface area contributed by atoms with Gasteiger partial charge in [0.25, 0.3) is 0 Å². The monoisotopic (exact) mass is 196 g/mol. The second-order valence-corrected chi connectivity index (χ2v) is 2.72. The van der Waals surface area contributed by atoms with Gasteiger partial charge in [-0.05, 0) is 19.1 Å². The van der Waals surface area contributed by atoms with Crippen molar-refractivity contribution in [3.05, 3.63) is 29.1 Å². The third-order valence-electron chi connectivity index (χ3n) is 1.83. The molecule has 0 unspecified atom stereocenters. The molecular formula is C10H9FO3. The van der Waals surface area contributed by atoms with Crippen molar-refractivity contribution in [1.82, 2.24) is 0 Å². The first-order valence-corrected chi connectivity index (χ1v) is 3.94. The molecule has 0 amide bonds. The van der Waals surface area contributed by atoms with Crippen molar-refractivity contribution in [3.8, 4) is 5.75 Å². The summed E-state index contributed by atoms with van der Waals surface area (Å²) in [5.41, 5.74) is -0.326. The van der Waals surface area contributed by atoms with Crippen LogP contribution in [0.5, 0.6) is 5.75 Å². The highest BCUT2D eigenvalue weighted by Gasteiger charge is 2.17. The van der Waals surface area contributed by atoms with E-state index in [1.165, 1.54) is 26.2 Å². The van der Waals surface area contributed by atoms with E-state index in [2.05, 4.69) is 0 Å². The number of ketones is 1. The Bertz CT molecular complexity index is 385. The third kappa shape index (κ3) is 1.64. The first kappa shape index (κ1) is 10.4. The van der Waals surface area contributed by atoms with Crippen molar-refractivity contribution < 1.29 is 18.7 Å². The number of rotatable bonds is 3. The molecule has 0 fully saturated rings. The average Bonchev–Trinajstić information content (AvgIpc) is 2.16. The van der Waals surface area contributed by atoms with E-state index in [1.807, 2.05) is 0 Å². The second-order valence-electron chi connectivity index (χ2n) is 2.72. The van der Waals surface area contributed by atoms with Gasteiger partial charge in [-0.25, -0.2) is 4.39 Å². The molecular weight excluding hydrogens is 187 g/mol. The molecule has 1 aromatic rings. The molecule has 0 N–H and O–H groups in total. The van der Waals surface area contributed by atoms with Gasteiger partial charge in [-0.2, -0.15) is 0 Å². The maximum atomic E-state index is 13.4. The minimum absolute atomic E-state index is 0.139. The summed E-state index contributed by atoms with van der Waals surface area (Å²) in [5.74, 6) is -1.16. The van der Waals surface area contributed by atoms with Gasteiger partial charge < -0.3 is 4.74 Å². The Labute approximate surface area is 80.5 Å². The van der Waals surface area contributed by atoms with Crippen LogP contribution in [0.3, 0.4) is 0 Å². The van der Waals surface area contributed by atoms with Crippen LogP contribution >= 0.6 is 0 Å². The van der Waals surface area contributed by atoms with Crippen molar-refractivity contribution in [2.75, 3.05) is 7.11 Å². The zero-order chi connectivity index (χ0) is 10.7. The second kappa shape index (κ2) is 4.00. The molecule has 0 bridgehead atoms. The van der Waals surface area contributed by atoms with Crippen molar-refractivity contribution in [1.29, 1.82) is 0 Å². The lowest BCUT2D eigenvalue weighted by Gasteiger charge is -2.07. The zero-order valence-electron chi connectivity index (χ0n) is 7.83. The first-order valence-electron chi connectivity index (χ1n) is 3.94. The van der Waals surface area contributed by atoms with Crippen LogP contribution in [0.15, 0.2) is 12.1 Å². The van der Waals surface area contributed by atoms with Gasteiger partial charge in [-0.15, -0.1) is 0 Å². The van der Waals surface area contributed by atoms with Crippen LogP contribution in [0.1, 0.15) is 27.6 Å². The molecule has 0 spiro atoms. The van der Waals surface area contributed by atoms with Gasteiger partial charge in [0, 0.05) is 0 Å². The molecule has 1 aromatic carbocycles. The molecule has 0 heterocycles. The molecule has 0 saturated heterocycles. The van der Waals surface area contributed by atoms with Crippen LogP contribution in [0.4, 0.5) is 4.39 Å². The van der Waals surface area contributed by atoms with Crippen LogP contribution in [0.25, 0.3) is 0 Å². The summed E-state index contributed by atoms with van der Waals surface area (Å²) in [6.07, 6.45) is 0.362. The summed E-state index contributed by atoms with van der Waals surface area (Å²) in [6, 6.07) is 2.66. The molecule has 74 valence electrons. The Kier molecular flexibility index (Phi) is 2.96. The number of Topliss-reactive ketones (excluding diaryl/α,β-unsaturated/α-hetero) is 1. The van der Waals surface area contributed by atoms with Crippen molar-refractivity contribution in [2.45, 2.75) is 6.92 Å². The molecule has 0 aliphatic carbocycles. The molecule has 0 atom stereocenters. The summed E-state index contributed by atoms with van der Waals surface area (Å²) >= 11 is 0. The average molecular weight is 196 g/mol. The van der Waals surface area contributed by atoms with Crippen molar-refractivity contribution >= 4 is 12.1 Å². The van der Waals surface area contributed by atoms with Crippen LogP contribution in [0, 0.1) is 5.82 Å². The Morgan fingerprint density at radius 1 is 1.50 bits per heavy atom. The zero-order valence-corrected chi connectivity index (χ0v) is 7.83. The molecule has 0 aliphatic heterocycles. The van der Waals surface area contributed by atoms with Gasteiger partial charge in [0.1, 0.15) is 11.6 Å². The SMILES string of the molecule is COc1ccc(C=O)c(F)c1C(C)=O. The number of hydrogen-bond acceptors (Lipinski definition) is 3. The summed E-state index contributed by atoms with van der Waals surface area (Å²) in [7, 11) is 1.34. The van der Waals surface area contributed by atoms with E-state index in [0.29, 0.717) is 6.29 Å². The van der Waals surface area contributed by atoms with Crippen molar-refractivity contribution in [2.24, 2.45) is 0 Å². The highest BCUT2D eigenvalue weighted by molar-refractivity contribution is 5.98. The number of halogens is 1. The van der Waals surface area contributed by atoms with Crippen LogP contribution in [0.2, 0.25) is 0 Å². The van der Waals surface area contributed by atoms with E-state index in [9.17, 15) is 14.0 Å². The summed E-state index contributed by atoms with van der Waals surface area (Å²) < 4.78 is 18.2. The molecule has 1 rings (SSSR count). The topological polar surface area (TPSA) is 43.4 Å². The predicted molar refractivity (Wildman–Crippen MR) is 48.3 cm³/mol. The molecule has 4 heteroatoms. The molecule has 0 radical (unpaired) electrons. The van der Waals surface area contributed by atoms with Gasteiger partial charge >= 0.3 is 0 Å². The van der Waals surface area contributed by atoms with Crippen molar-refractivity contribution in [3.63, 3.8) is 0 Å². The predicted octanol–water partition coefficient (Wildman–Crippen LogP) is 1.85. The van der Waals surface area contributed by atoms with E-state index in [1.54, 1.807) is 0 Å². The lowest BCUT2D eigenvalue weighted by molar-refractivity contribution is 0.101. The summed E-state index contributed by atoms with van der Waals surface area (Å²) in [5, 5.41) is 0. The van der Waals surface area contributed by atoms with E-state index in [4.69, 9.17) is 4.74 Å². The van der Waals surface area contributed by atoms with Gasteiger partial charge in [0.15, 0.2) is 12.1 Å². The fourth-order valence-electron chi connectivity index (χ4n) is 1.16. The fraction of sp³-hybridized carbons (Fsp3) is 0.200. The molecule has 14 heavy (non-hydrogen) atoms. The van der Waals surface area contributed by atoms with E-state index in [0.717, 1.165) is 0 Å². The van der Waals surface area contributed by atoms with E-state index in [-0.39, 0.29) is 16.9 Å². The summed E-state index contributed by atoms with van der Waals surface area (Å²) in [4.78, 5) is 21.5. The van der Waals surface area contributed by atoms with Gasteiger partial charge in [0.2, 0.25) is 0 Å². The van der Waals surface area contributed by atoms with Crippen LogP contribution < -0.4 is 4.74 Å². The standard InChI is InChI=1S/C10H9FO3/c1-6(13)9-8(14-2)4-3-7(5-12)10(9)11/h3-5H,1-2H3. The van der Waals surface area contributed by atoms with Crippen LogP contribution in [-0.2, 0) is 0 Å². The van der Waals surface area contributed by atoms with E-state index < -0.39 is 11.6 Å². The Morgan fingerprint density at radius 3 is 2.57 bits per heavy atom. The third-order valence-corrected chi connectivity index (χ3v) is 1.83. The maximum absolute atomic E-state index is 13.4. The van der Waals surface area contributed by atoms with Crippen LogP contribution in [-0.4, -0.2) is 19.2 Å².